The Labute approximate surface area is 73.4 Å². The molecule has 1 aliphatic carbocycles. The first-order valence-corrected chi connectivity index (χ1v) is 4.49. The molecule has 0 heterocycles. The van der Waals surface area contributed by atoms with Crippen molar-refractivity contribution in [1.82, 2.24) is 0 Å². The van der Waals surface area contributed by atoms with Crippen LogP contribution in [0, 0.1) is 13.8 Å². The van der Waals surface area contributed by atoms with Crippen molar-refractivity contribution in [3.63, 3.8) is 0 Å². The second-order valence-electron chi connectivity index (χ2n) is 3.64. The van der Waals surface area contributed by atoms with Crippen molar-refractivity contribution >= 4 is 0 Å². The number of hydrogen-bond acceptors (Lipinski definition) is 1. The summed E-state index contributed by atoms with van der Waals surface area (Å²) in [6.45, 7) is 4.21. The van der Waals surface area contributed by atoms with E-state index in [9.17, 15) is 0 Å². The normalized spacial score (nSPS) is 16.2. The van der Waals surface area contributed by atoms with Gasteiger partial charge in [-0.3, -0.25) is 0 Å². The van der Waals surface area contributed by atoms with Crippen LogP contribution in [-0.4, -0.2) is 6.10 Å². The van der Waals surface area contributed by atoms with E-state index in [1.54, 1.807) is 0 Å². The minimum absolute atomic E-state index is 0.506. The first kappa shape index (κ1) is 7.66. The molecule has 0 N–H and O–H groups in total. The molecule has 0 radical (unpaired) electrons. The smallest absolute Gasteiger partial charge is 0.120 e. The van der Waals surface area contributed by atoms with Gasteiger partial charge in [-0.1, -0.05) is 6.07 Å². The first-order chi connectivity index (χ1) is 5.74. The summed E-state index contributed by atoms with van der Waals surface area (Å²) in [6, 6.07) is 6.37. The largest absolute Gasteiger partial charge is 0.490 e. The summed E-state index contributed by atoms with van der Waals surface area (Å²) < 4.78 is 5.69. The Bertz CT molecular complexity index is 267. The van der Waals surface area contributed by atoms with Crippen LogP contribution in [0.15, 0.2) is 18.2 Å². The lowest BCUT2D eigenvalue weighted by Crippen LogP contribution is -1.96. The van der Waals surface area contributed by atoms with E-state index in [4.69, 9.17) is 4.74 Å². The second-order valence-corrected chi connectivity index (χ2v) is 3.64. The monoisotopic (exact) mass is 162 g/mol. The third kappa shape index (κ3) is 1.79. The van der Waals surface area contributed by atoms with E-state index in [-0.39, 0.29) is 0 Å². The average molecular weight is 162 g/mol. The van der Waals surface area contributed by atoms with Crippen molar-refractivity contribution in [3.8, 4) is 5.75 Å². The lowest BCUT2D eigenvalue weighted by molar-refractivity contribution is 0.303. The fourth-order valence-electron chi connectivity index (χ4n) is 1.38. The topological polar surface area (TPSA) is 9.23 Å². The van der Waals surface area contributed by atoms with Crippen molar-refractivity contribution in [2.24, 2.45) is 0 Å². The highest BCUT2D eigenvalue weighted by molar-refractivity contribution is 5.33. The number of aryl methyl sites for hydroxylation is 2. The molecule has 64 valence electrons. The zero-order valence-corrected chi connectivity index (χ0v) is 7.63. The summed E-state index contributed by atoms with van der Waals surface area (Å²) in [5.74, 6) is 1.04. The predicted molar refractivity (Wildman–Crippen MR) is 49.6 cm³/mol. The van der Waals surface area contributed by atoms with Crippen LogP contribution in [0.2, 0.25) is 0 Å². The highest BCUT2D eigenvalue weighted by Crippen LogP contribution is 2.27. The Morgan fingerprint density at radius 2 is 1.67 bits per heavy atom. The molecule has 1 aromatic rings. The van der Waals surface area contributed by atoms with Crippen LogP contribution in [0.3, 0.4) is 0 Å². The maximum Gasteiger partial charge on any atom is 0.120 e. The summed E-state index contributed by atoms with van der Waals surface area (Å²) in [4.78, 5) is 0. The van der Waals surface area contributed by atoms with Crippen molar-refractivity contribution in [2.75, 3.05) is 0 Å². The van der Waals surface area contributed by atoms with Gasteiger partial charge in [-0.2, -0.15) is 0 Å². The van der Waals surface area contributed by atoms with Gasteiger partial charge in [0.15, 0.2) is 0 Å². The van der Waals surface area contributed by atoms with Crippen LogP contribution in [0.5, 0.6) is 5.75 Å². The number of ether oxygens (including phenoxy) is 1. The summed E-state index contributed by atoms with van der Waals surface area (Å²) in [5.41, 5.74) is 2.57. The van der Waals surface area contributed by atoms with E-state index in [0.29, 0.717) is 6.10 Å². The molecule has 1 fully saturated rings. The van der Waals surface area contributed by atoms with Gasteiger partial charge in [-0.05, 0) is 49.9 Å². The van der Waals surface area contributed by atoms with Crippen LogP contribution < -0.4 is 4.74 Å². The van der Waals surface area contributed by atoms with Crippen LogP contribution in [0.4, 0.5) is 0 Å². The number of rotatable bonds is 2. The van der Waals surface area contributed by atoms with Gasteiger partial charge >= 0.3 is 0 Å². The quantitative estimate of drug-likeness (QED) is 0.649. The van der Waals surface area contributed by atoms with E-state index >= 15 is 0 Å². The molecule has 0 amide bonds. The molecule has 0 aliphatic heterocycles. The van der Waals surface area contributed by atoms with E-state index < -0.39 is 0 Å². The molecule has 0 atom stereocenters. The zero-order valence-electron chi connectivity index (χ0n) is 7.63. The Morgan fingerprint density at radius 3 is 2.17 bits per heavy atom. The molecule has 1 nitrogen and oxygen atoms in total. The third-order valence-corrected chi connectivity index (χ3v) is 2.02. The first-order valence-electron chi connectivity index (χ1n) is 4.49. The minimum Gasteiger partial charge on any atom is -0.490 e. The van der Waals surface area contributed by atoms with Gasteiger partial charge < -0.3 is 4.74 Å². The van der Waals surface area contributed by atoms with Gasteiger partial charge in [-0.15, -0.1) is 0 Å². The fourth-order valence-corrected chi connectivity index (χ4v) is 1.38. The third-order valence-electron chi connectivity index (χ3n) is 2.02. The molecular weight excluding hydrogens is 148 g/mol. The van der Waals surface area contributed by atoms with E-state index in [0.717, 1.165) is 5.75 Å². The fraction of sp³-hybridized carbons (Fsp3) is 0.455. The Kier molecular flexibility index (Phi) is 1.80. The second kappa shape index (κ2) is 2.81. The van der Waals surface area contributed by atoms with Crippen LogP contribution in [-0.2, 0) is 0 Å². The van der Waals surface area contributed by atoms with E-state index in [1.807, 2.05) is 0 Å². The lowest BCUT2D eigenvalue weighted by Gasteiger charge is -2.06. The van der Waals surface area contributed by atoms with Gasteiger partial charge in [0.1, 0.15) is 5.75 Å². The molecule has 1 aromatic carbocycles. The highest BCUT2D eigenvalue weighted by atomic mass is 16.5. The summed E-state index contributed by atoms with van der Waals surface area (Å²) in [7, 11) is 0. The molecule has 0 aromatic heterocycles. The molecule has 12 heavy (non-hydrogen) atoms. The van der Waals surface area contributed by atoms with E-state index in [1.165, 1.54) is 24.0 Å². The van der Waals surface area contributed by atoms with E-state index in [2.05, 4.69) is 32.0 Å². The van der Waals surface area contributed by atoms with Gasteiger partial charge in [0.25, 0.3) is 0 Å². The maximum atomic E-state index is 5.69. The Hall–Kier alpha value is -0.980. The zero-order chi connectivity index (χ0) is 8.55. The molecule has 1 saturated carbocycles. The molecule has 2 rings (SSSR count). The van der Waals surface area contributed by atoms with Crippen LogP contribution in [0.1, 0.15) is 24.0 Å². The van der Waals surface area contributed by atoms with Gasteiger partial charge in [-0.25, -0.2) is 0 Å². The molecule has 0 saturated heterocycles. The van der Waals surface area contributed by atoms with Crippen molar-refractivity contribution in [2.45, 2.75) is 32.8 Å². The molecule has 1 aliphatic rings. The summed E-state index contributed by atoms with van der Waals surface area (Å²) >= 11 is 0. The van der Waals surface area contributed by atoms with Crippen LogP contribution >= 0.6 is 0 Å². The van der Waals surface area contributed by atoms with Gasteiger partial charge in [0.05, 0.1) is 6.10 Å². The van der Waals surface area contributed by atoms with Crippen molar-refractivity contribution < 1.29 is 4.74 Å². The van der Waals surface area contributed by atoms with Crippen molar-refractivity contribution in [1.29, 1.82) is 0 Å². The SMILES string of the molecule is Cc1cc(C)cc(OC2CC2)c1. The van der Waals surface area contributed by atoms with Gasteiger partial charge in [0, 0.05) is 0 Å². The molecule has 0 unspecified atom stereocenters. The molecule has 0 spiro atoms. The maximum absolute atomic E-state index is 5.69. The minimum atomic E-state index is 0.506. The Balaban J connectivity index is 2.18. The average Bonchev–Trinajstić information content (AvgIpc) is 2.68. The lowest BCUT2D eigenvalue weighted by atomic mass is 10.1. The van der Waals surface area contributed by atoms with Crippen molar-refractivity contribution in [3.05, 3.63) is 29.3 Å². The Morgan fingerprint density at radius 1 is 1.08 bits per heavy atom. The highest BCUT2D eigenvalue weighted by Gasteiger charge is 2.23. The predicted octanol–water partition coefficient (Wildman–Crippen LogP) is 2.84. The standard InChI is InChI=1S/C11H14O/c1-8-5-9(2)7-11(6-8)12-10-3-4-10/h5-7,10H,3-4H2,1-2H3. The van der Waals surface area contributed by atoms with Gasteiger partial charge in [0.2, 0.25) is 0 Å². The number of benzene rings is 1. The molecule has 0 bridgehead atoms. The number of hydrogen-bond donors (Lipinski definition) is 0. The molecular formula is C11H14O. The molecule has 1 heteroatoms. The van der Waals surface area contributed by atoms with Crippen LogP contribution in [0.25, 0.3) is 0 Å². The summed E-state index contributed by atoms with van der Waals surface area (Å²) in [6.07, 6.45) is 2.96. The summed E-state index contributed by atoms with van der Waals surface area (Å²) in [5, 5.41) is 0.